The number of aromatic nitrogens is 1. The maximum atomic E-state index is 13.1. The van der Waals surface area contributed by atoms with Gasteiger partial charge in [0.05, 0.1) is 11.1 Å². The lowest BCUT2D eigenvalue weighted by Gasteiger charge is -2.29. The Morgan fingerprint density at radius 1 is 1.20 bits per heavy atom. The highest BCUT2D eigenvalue weighted by molar-refractivity contribution is 6.15. The molecule has 0 saturated carbocycles. The van der Waals surface area contributed by atoms with Gasteiger partial charge in [-0.05, 0) is 30.7 Å². The zero-order valence-corrected chi connectivity index (χ0v) is 17.2. The number of allylic oxidation sites excluding steroid dienone is 1. The second-order valence-corrected chi connectivity index (χ2v) is 7.74. The summed E-state index contributed by atoms with van der Waals surface area (Å²) in [4.78, 5) is 15.2. The van der Waals surface area contributed by atoms with Crippen LogP contribution < -0.4 is 9.47 Å². The summed E-state index contributed by atoms with van der Waals surface area (Å²) >= 11 is 0. The number of carbonyl (C=O) groups is 1. The molecule has 0 aliphatic carbocycles. The van der Waals surface area contributed by atoms with Crippen LogP contribution in [0, 0.1) is 0 Å². The van der Waals surface area contributed by atoms with Crippen LogP contribution in [0.3, 0.4) is 0 Å². The van der Waals surface area contributed by atoms with E-state index in [0.717, 1.165) is 40.7 Å². The number of Topliss-reactive ketones (excluding diaryl/α,β-unsaturated/α-hetero) is 1. The first-order valence-corrected chi connectivity index (χ1v) is 10.1. The van der Waals surface area contributed by atoms with Gasteiger partial charge in [-0.1, -0.05) is 18.2 Å². The summed E-state index contributed by atoms with van der Waals surface area (Å²) < 4.78 is 19.2. The van der Waals surface area contributed by atoms with Gasteiger partial charge < -0.3 is 18.8 Å². The third kappa shape index (κ3) is 3.18. The van der Waals surface area contributed by atoms with Crippen LogP contribution in [0.25, 0.3) is 17.0 Å². The molecule has 1 aromatic heterocycles. The monoisotopic (exact) mass is 404 g/mol. The second-order valence-electron chi connectivity index (χ2n) is 7.74. The topological polar surface area (TPSA) is 52.9 Å². The molecule has 0 spiro atoms. The molecule has 0 amide bonds. The smallest absolute Gasteiger partial charge is 0.231 e. The van der Waals surface area contributed by atoms with Gasteiger partial charge in [0, 0.05) is 56.5 Å². The molecular weight excluding hydrogens is 380 g/mol. The molecular formula is C24H24N2O4. The second kappa shape index (κ2) is 7.63. The molecule has 6 nitrogen and oxygen atoms in total. The maximum absolute atomic E-state index is 13.1. The Balaban J connectivity index is 1.46. The molecule has 2 aromatic carbocycles. The number of hydrogen-bond acceptors (Lipinski definition) is 5. The summed E-state index contributed by atoms with van der Waals surface area (Å²) in [6.45, 7) is 2.80. The molecule has 3 aromatic rings. The van der Waals surface area contributed by atoms with Crippen LogP contribution in [0.1, 0.15) is 27.9 Å². The van der Waals surface area contributed by atoms with Crippen LogP contribution in [0.15, 0.2) is 48.4 Å². The highest BCUT2D eigenvalue weighted by Crippen LogP contribution is 2.42. The van der Waals surface area contributed by atoms with Crippen molar-refractivity contribution in [1.29, 1.82) is 0 Å². The van der Waals surface area contributed by atoms with Crippen LogP contribution in [-0.4, -0.2) is 42.2 Å². The van der Waals surface area contributed by atoms with E-state index in [0.29, 0.717) is 37.0 Å². The number of methoxy groups -OCH3 is 1. The Hall–Kier alpha value is -3.09. The largest absolute Gasteiger partial charge is 0.478 e. The van der Waals surface area contributed by atoms with Gasteiger partial charge in [-0.25, -0.2) is 0 Å². The fourth-order valence-corrected chi connectivity index (χ4v) is 4.21. The normalized spacial score (nSPS) is 17.1. The van der Waals surface area contributed by atoms with Crippen molar-refractivity contribution < 1.29 is 19.0 Å². The van der Waals surface area contributed by atoms with E-state index in [1.807, 2.05) is 37.5 Å². The molecule has 154 valence electrons. The van der Waals surface area contributed by atoms with E-state index in [1.54, 1.807) is 13.2 Å². The zero-order chi connectivity index (χ0) is 20.7. The van der Waals surface area contributed by atoms with Crippen molar-refractivity contribution >= 4 is 22.8 Å². The van der Waals surface area contributed by atoms with Crippen LogP contribution >= 0.6 is 0 Å². The van der Waals surface area contributed by atoms with E-state index in [4.69, 9.17) is 14.2 Å². The Labute approximate surface area is 175 Å². The lowest BCUT2D eigenvalue weighted by atomic mass is 10.0. The van der Waals surface area contributed by atoms with E-state index in [1.165, 1.54) is 0 Å². The first-order chi connectivity index (χ1) is 14.7. The molecule has 0 unspecified atom stereocenters. The number of benzene rings is 2. The predicted octanol–water partition coefficient (Wildman–Crippen LogP) is 3.98. The Morgan fingerprint density at radius 2 is 2.07 bits per heavy atom. The van der Waals surface area contributed by atoms with E-state index in [9.17, 15) is 4.79 Å². The third-order valence-electron chi connectivity index (χ3n) is 5.72. The van der Waals surface area contributed by atoms with Crippen molar-refractivity contribution in [2.45, 2.75) is 13.0 Å². The van der Waals surface area contributed by atoms with E-state index < -0.39 is 0 Å². The van der Waals surface area contributed by atoms with Crippen molar-refractivity contribution in [1.82, 2.24) is 9.47 Å². The van der Waals surface area contributed by atoms with Crippen LogP contribution in [-0.2, 0) is 18.3 Å². The molecule has 3 heterocycles. The molecule has 30 heavy (non-hydrogen) atoms. The predicted molar refractivity (Wildman–Crippen MR) is 115 cm³/mol. The molecule has 0 fully saturated rings. The first kappa shape index (κ1) is 18.9. The number of para-hydroxylation sites is 1. The average Bonchev–Trinajstić information content (AvgIpc) is 3.26. The highest BCUT2D eigenvalue weighted by atomic mass is 16.5. The molecule has 0 atom stereocenters. The summed E-state index contributed by atoms with van der Waals surface area (Å²) in [6.07, 6.45) is 4.79. The Morgan fingerprint density at radius 3 is 2.93 bits per heavy atom. The quantitative estimate of drug-likeness (QED) is 0.476. The van der Waals surface area contributed by atoms with Gasteiger partial charge in [-0.15, -0.1) is 0 Å². The van der Waals surface area contributed by atoms with Gasteiger partial charge in [-0.2, -0.15) is 0 Å². The summed E-state index contributed by atoms with van der Waals surface area (Å²) in [5.74, 6) is 1.68. The van der Waals surface area contributed by atoms with Gasteiger partial charge in [-0.3, -0.25) is 9.69 Å². The SMILES string of the molecule is COCCCN1COc2ccc3c(c2C1)O/C(=C\c1cn(C)c2ccccc12)C3=O. The number of ether oxygens (including phenoxy) is 3. The molecule has 0 radical (unpaired) electrons. The number of ketones is 1. The van der Waals surface area contributed by atoms with E-state index in [-0.39, 0.29) is 5.78 Å². The van der Waals surface area contributed by atoms with Crippen LogP contribution in [0.5, 0.6) is 11.5 Å². The number of hydrogen-bond donors (Lipinski definition) is 0. The third-order valence-corrected chi connectivity index (χ3v) is 5.72. The minimum absolute atomic E-state index is 0.0859. The number of carbonyl (C=O) groups excluding carboxylic acids is 1. The molecule has 2 aliphatic rings. The van der Waals surface area contributed by atoms with Gasteiger partial charge in [0.15, 0.2) is 5.76 Å². The summed E-state index contributed by atoms with van der Waals surface area (Å²) in [6, 6.07) is 11.8. The Bertz CT molecular complexity index is 1160. The van der Waals surface area contributed by atoms with Crippen molar-refractivity contribution in [3.8, 4) is 11.5 Å². The standard InChI is InChI=1S/C24H24N2O4/c1-25-13-16(17-6-3-4-7-20(17)25)12-22-23(27)18-8-9-21-19(24(18)30-22)14-26(15-29-21)10-5-11-28-2/h3-4,6-9,12-13H,5,10-11,14-15H2,1-2H3/b22-12-. The molecule has 0 saturated heterocycles. The fraction of sp³-hybridized carbons (Fsp3) is 0.292. The van der Waals surface area contributed by atoms with Gasteiger partial charge in [0.1, 0.15) is 18.2 Å². The lowest BCUT2D eigenvalue weighted by Crippen LogP contribution is -2.33. The zero-order valence-electron chi connectivity index (χ0n) is 17.2. The lowest BCUT2D eigenvalue weighted by molar-refractivity contribution is 0.0823. The van der Waals surface area contributed by atoms with Crippen molar-refractivity contribution in [3.05, 3.63) is 65.0 Å². The molecule has 0 N–H and O–H groups in total. The molecule has 0 bridgehead atoms. The van der Waals surface area contributed by atoms with E-state index in [2.05, 4.69) is 21.6 Å². The van der Waals surface area contributed by atoms with Crippen LogP contribution in [0.2, 0.25) is 0 Å². The molecule has 2 aliphatic heterocycles. The maximum Gasteiger partial charge on any atom is 0.231 e. The molecule has 6 heteroatoms. The molecule has 5 rings (SSSR count). The number of fused-ring (bicyclic) bond motifs is 4. The van der Waals surface area contributed by atoms with E-state index >= 15 is 0 Å². The Kier molecular flexibility index (Phi) is 4.81. The summed E-state index contributed by atoms with van der Waals surface area (Å²) in [5, 5.41) is 1.09. The first-order valence-electron chi connectivity index (χ1n) is 10.1. The summed E-state index contributed by atoms with van der Waals surface area (Å²) in [7, 11) is 3.71. The number of aryl methyl sites for hydroxylation is 1. The van der Waals surface area contributed by atoms with Gasteiger partial charge in [0.25, 0.3) is 0 Å². The average molecular weight is 404 g/mol. The summed E-state index contributed by atoms with van der Waals surface area (Å²) in [5.41, 5.74) is 3.62. The van der Waals surface area contributed by atoms with Crippen molar-refractivity contribution in [2.75, 3.05) is 27.0 Å². The minimum atomic E-state index is -0.0859. The number of rotatable bonds is 5. The van der Waals surface area contributed by atoms with Gasteiger partial charge in [0.2, 0.25) is 5.78 Å². The minimum Gasteiger partial charge on any atom is -0.478 e. The number of nitrogens with zero attached hydrogens (tertiary/aromatic N) is 2. The fourth-order valence-electron chi connectivity index (χ4n) is 4.21. The highest BCUT2D eigenvalue weighted by Gasteiger charge is 2.33. The van der Waals surface area contributed by atoms with Gasteiger partial charge >= 0.3 is 0 Å². The van der Waals surface area contributed by atoms with Crippen LogP contribution in [0.4, 0.5) is 0 Å². The van der Waals surface area contributed by atoms with Crippen molar-refractivity contribution in [3.63, 3.8) is 0 Å². The van der Waals surface area contributed by atoms with Crippen molar-refractivity contribution in [2.24, 2.45) is 7.05 Å².